The molecule has 2 aromatic carbocycles. The van der Waals surface area contributed by atoms with E-state index in [1.54, 1.807) is 13.2 Å². The number of methoxy groups -OCH3 is 1. The first-order chi connectivity index (χ1) is 13.6. The highest BCUT2D eigenvalue weighted by molar-refractivity contribution is 5.83. The topological polar surface area (TPSA) is 47.6 Å². The van der Waals surface area contributed by atoms with Crippen LogP contribution in [0.1, 0.15) is 24.8 Å². The maximum Gasteiger partial charge on any atom is 0.226 e. The Balaban J connectivity index is 1.77. The zero-order valence-electron chi connectivity index (χ0n) is 16.4. The maximum atomic E-state index is 13.6. The summed E-state index contributed by atoms with van der Waals surface area (Å²) in [6.07, 6.45) is 2.85. The number of ether oxygens (including phenoxy) is 2. The van der Waals surface area contributed by atoms with Crippen LogP contribution in [-0.4, -0.2) is 39.4 Å². The number of hydrogen-bond donors (Lipinski definition) is 1. The third kappa shape index (κ3) is 5.18. The van der Waals surface area contributed by atoms with E-state index in [4.69, 9.17) is 9.47 Å². The zero-order valence-corrected chi connectivity index (χ0v) is 16.4. The lowest BCUT2D eigenvalue weighted by atomic mass is 9.74. The molecule has 1 heterocycles. The molecule has 0 bridgehead atoms. The van der Waals surface area contributed by atoms with Crippen LogP contribution in [0.2, 0.25) is 0 Å². The summed E-state index contributed by atoms with van der Waals surface area (Å²) in [4.78, 5) is 13.0. The van der Waals surface area contributed by atoms with Gasteiger partial charge in [0, 0.05) is 33.5 Å². The van der Waals surface area contributed by atoms with Crippen LogP contribution < -0.4 is 5.32 Å². The molecule has 28 heavy (non-hydrogen) atoms. The van der Waals surface area contributed by atoms with Gasteiger partial charge in [0.05, 0.1) is 5.41 Å². The molecular formula is C23H28FNO3. The van der Waals surface area contributed by atoms with E-state index in [1.165, 1.54) is 12.1 Å². The number of rotatable bonds is 8. The second-order valence-electron chi connectivity index (χ2n) is 7.38. The van der Waals surface area contributed by atoms with Crippen molar-refractivity contribution in [3.8, 4) is 11.1 Å². The molecule has 0 atom stereocenters. The maximum absolute atomic E-state index is 13.6. The quantitative estimate of drug-likeness (QED) is 0.699. The zero-order chi connectivity index (χ0) is 19.8. The Morgan fingerprint density at radius 3 is 2.57 bits per heavy atom. The highest BCUT2D eigenvalue weighted by atomic mass is 19.1. The molecule has 0 aromatic heterocycles. The highest BCUT2D eigenvalue weighted by Crippen LogP contribution is 2.35. The third-order valence-corrected chi connectivity index (χ3v) is 5.37. The van der Waals surface area contributed by atoms with Crippen molar-refractivity contribution in [3.63, 3.8) is 0 Å². The molecule has 1 aliphatic heterocycles. The lowest BCUT2D eigenvalue weighted by molar-refractivity contribution is -0.136. The summed E-state index contributed by atoms with van der Waals surface area (Å²) in [5.74, 6) is -0.165. The van der Waals surface area contributed by atoms with E-state index in [0.717, 1.165) is 23.1 Å². The first-order valence-corrected chi connectivity index (χ1v) is 9.83. The summed E-state index contributed by atoms with van der Waals surface area (Å²) >= 11 is 0. The molecule has 1 aliphatic rings. The van der Waals surface area contributed by atoms with Crippen molar-refractivity contribution in [2.75, 3.05) is 33.5 Å². The molecule has 2 aromatic rings. The normalized spacial score (nSPS) is 15.9. The van der Waals surface area contributed by atoms with Gasteiger partial charge in [-0.25, -0.2) is 4.39 Å². The summed E-state index contributed by atoms with van der Waals surface area (Å²) in [5, 5.41) is 3.08. The number of hydrogen-bond acceptors (Lipinski definition) is 3. The van der Waals surface area contributed by atoms with Gasteiger partial charge in [0.25, 0.3) is 0 Å². The third-order valence-electron chi connectivity index (χ3n) is 5.37. The predicted octanol–water partition coefficient (Wildman–Crippen LogP) is 3.98. The van der Waals surface area contributed by atoms with Crippen molar-refractivity contribution in [2.24, 2.45) is 5.41 Å². The summed E-state index contributed by atoms with van der Waals surface area (Å²) in [5.41, 5.74) is 2.41. The average molecular weight is 385 g/mol. The van der Waals surface area contributed by atoms with Crippen LogP contribution in [0.3, 0.4) is 0 Å². The molecular weight excluding hydrogens is 357 g/mol. The molecule has 0 saturated carbocycles. The fraction of sp³-hybridized carbons (Fsp3) is 0.435. The van der Waals surface area contributed by atoms with Crippen molar-refractivity contribution in [1.82, 2.24) is 5.32 Å². The van der Waals surface area contributed by atoms with Crippen LogP contribution in [0.15, 0.2) is 48.5 Å². The molecule has 0 radical (unpaired) electrons. The Morgan fingerprint density at radius 2 is 1.86 bits per heavy atom. The van der Waals surface area contributed by atoms with Gasteiger partial charge in [0.1, 0.15) is 5.82 Å². The van der Waals surface area contributed by atoms with Crippen LogP contribution in [-0.2, 0) is 20.7 Å². The SMILES string of the molecule is COCCCNC(=O)C1(Cc2cccc(-c3cccc(F)c3)c2)CCOCC1. The van der Waals surface area contributed by atoms with Crippen LogP contribution >= 0.6 is 0 Å². The lowest BCUT2D eigenvalue weighted by Crippen LogP contribution is -2.46. The van der Waals surface area contributed by atoms with Crippen molar-refractivity contribution >= 4 is 5.91 Å². The molecule has 4 nitrogen and oxygen atoms in total. The number of amides is 1. The van der Waals surface area contributed by atoms with Crippen LogP contribution in [0, 0.1) is 11.2 Å². The minimum absolute atomic E-state index is 0.0862. The number of nitrogens with one attached hydrogen (secondary N) is 1. The van der Waals surface area contributed by atoms with Crippen molar-refractivity contribution in [2.45, 2.75) is 25.7 Å². The van der Waals surface area contributed by atoms with Crippen molar-refractivity contribution in [1.29, 1.82) is 0 Å². The monoisotopic (exact) mass is 385 g/mol. The van der Waals surface area contributed by atoms with E-state index in [0.29, 0.717) is 45.6 Å². The molecule has 1 N–H and O–H groups in total. The van der Waals surface area contributed by atoms with Gasteiger partial charge < -0.3 is 14.8 Å². The van der Waals surface area contributed by atoms with Gasteiger partial charge >= 0.3 is 0 Å². The Kier molecular flexibility index (Phi) is 7.18. The number of carbonyl (C=O) groups excluding carboxylic acids is 1. The largest absolute Gasteiger partial charge is 0.385 e. The molecule has 0 unspecified atom stereocenters. The lowest BCUT2D eigenvalue weighted by Gasteiger charge is -2.36. The Bertz CT molecular complexity index is 787. The highest BCUT2D eigenvalue weighted by Gasteiger charge is 2.39. The molecule has 3 rings (SSSR count). The molecule has 1 fully saturated rings. The second kappa shape index (κ2) is 9.80. The smallest absolute Gasteiger partial charge is 0.226 e. The summed E-state index contributed by atoms with van der Waals surface area (Å²) in [6.45, 7) is 2.43. The van der Waals surface area contributed by atoms with Crippen LogP contribution in [0.4, 0.5) is 4.39 Å². The van der Waals surface area contributed by atoms with Crippen molar-refractivity contribution < 1.29 is 18.7 Å². The van der Waals surface area contributed by atoms with Gasteiger partial charge in [0.15, 0.2) is 0 Å². The van der Waals surface area contributed by atoms with Gasteiger partial charge in [-0.3, -0.25) is 4.79 Å². The summed E-state index contributed by atoms with van der Waals surface area (Å²) in [7, 11) is 1.66. The fourth-order valence-corrected chi connectivity index (χ4v) is 3.77. The first kappa shape index (κ1) is 20.5. The Hall–Kier alpha value is -2.24. The van der Waals surface area contributed by atoms with E-state index in [2.05, 4.69) is 11.4 Å². The van der Waals surface area contributed by atoms with Gasteiger partial charge in [0.2, 0.25) is 5.91 Å². The van der Waals surface area contributed by atoms with Gasteiger partial charge in [-0.05, 0) is 54.5 Å². The van der Waals surface area contributed by atoms with E-state index in [9.17, 15) is 9.18 Å². The first-order valence-electron chi connectivity index (χ1n) is 9.83. The summed E-state index contributed by atoms with van der Waals surface area (Å²) in [6, 6.07) is 14.6. The minimum Gasteiger partial charge on any atom is -0.385 e. The van der Waals surface area contributed by atoms with E-state index in [1.807, 2.05) is 24.3 Å². The number of halogens is 1. The van der Waals surface area contributed by atoms with Gasteiger partial charge in [-0.15, -0.1) is 0 Å². The standard InChI is InChI=1S/C23H28FNO3/c1-27-12-4-11-25-22(26)23(9-13-28-14-10-23)17-18-5-2-6-19(15-18)20-7-3-8-21(24)16-20/h2-3,5-8,15-16H,4,9-14,17H2,1H3,(H,25,26). The minimum atomic E-state index is -0.466. The predicted molar refractivity (Wildman–Crippen MR) is 108 cm³/mol. The van der Waals surface area contributed by atoms with E-state index >= 15 is 0 Å². The number of benzene rings is 2. The molecule has 150 valence electrons. The van der Waals surface area contributed by atoms with Gasteiger partial charge in [-0.2, -0.15) is 0 Å². The molecule has 1 saturated heterocycles. The number of carbonyl (C=O) groups is 1. The van der Waals surface area contributed by atoms with Crippen LogP contribution in [0.5, 0.6) is 0 Å². The second-order valence-corrected chi connectivity index (χ2v) is 7.38. The molecule has 1 amide bonds. The van der Waals surface area contributed by atoms with Gasteiger partial charge in [-0.1, -0.05) is 36.4 Å². The van der Waals surface area contributed by atoms with Crippen molar-refractivity contribution in [3.05, 3.63) is 59.9 Å². The fourth-order valence-electron chi connectivity index (χ4n) is 3.77. The Labute approximate surface area is 166 Å². The van der Waals surface area contributed by atoms with Crippen LogP contribution in [0.25, 0.3) is 11.1 Å². The molecule has 5 heteroatoms. The summed E-state index contributed by atoms with van der Waals surface area (Å²) < 4.78 is 24.2. The molecule has 0 aliphatic carbocycles. The Morgan fingerprint density at radius 1 is 1.14 bits per heavy atom. The average Bonchev–Trinajstić information content (AvgIpc) is 2.72. The van der Waals surface area contributed by atoms with E-state index in [-0.39, 0.29) is 11.7 Å². The van der Waals surface area contributed by atoms with E-state index < -0.39 is 5.41 Å². The molecule has 0 spiro atoms.